The van der Waals surface area contributed by atoms with E-state index in [0.29, 0.717) is 24.0 Å². The molecule has 1 aromatic carbocycles. The molecule has 0 spiro atoms. The van der Waals surface area contributed by atoms with Crippen LogP contribution in [0.3, 0.4) is 0 Å². The Kier molecular flexibility index (Phi) is 7.28. The topological polar surface area (TPSA) is 106 Å². The summed E-state index contributed by atoms with van der Waals surface area (Å²) >= 11 is 0. The van der Waals surface area contributed by atoms with E-state index in [-0.39, 0.29) is 29.8 Å². The smallest absolute Gasteiger partial charge is 0.228 e. The Morgan fingerprint density at radius 1 is 0.973 bits per heavy atom. The SMILES string of the molecule is Cc1ccc(NC(=O)[C@H]2CCO[C@@H](C(C)C)C2)cc1-c1cc(-c2ccnc(NC(=O)C3CC3)c2)cnn1. The Balaban J connectivity index is 1.34. The molecule has 2 aliphatic rings. The van der Waals surface area contributed by atoms with E-state index in [0.717, 1.165) is 53.6 Å². The molecule has 0 unspecified atom stereocenters. The first-order chi connectivity index (χ1) is 17.9. The first-order valence-corrected chi connectivity index (χ1v) is 13.0. The van der Waals surface area contributed by atoms with Crippen molar-refractivity contribution in [2.45, 2.75) is 52.6 Å². The lowest BCUT2D eigenvalue weighted by Crippen LogP contribution is -2.35. The third kappa shape index (κ3) is 6.02. The molecule has 3 aromatic rings. The minimum atomic E-state index is -0.0599. The van der Waals surface area contributed by atoms with Gasteiger partial charge in [-0.2, -0.15) is 10.2 Å². The number of aryl methyl sites for hydroxylation is 1. The molecule has 0 radical (unpaired) electrons. The second-order valence-corrected chi connectivity index (χ2v) is 10.4. The number of ether oxygens (including phenoxy) is 1. The number of rotatable bonds is 7. The molecular weight excluding hydrogens is 466 g/mol. The Morgan fingerprint density at radius 2 is 1.78 bits per heavy atom. The summed E-state index contributed by atoms with van der Waals surface area (Å²) in [7, 11) is 0. The van der Waals surface area contributed by atoms with Crippen molar-refractivity contribution in [1.29, 1.82) is 0 Å². The molecule has 192 valence electrons. The molecule has 37 heavy (non-hydrogen) atoms. The second-order valence-electron chi connectivity index (χ2n) is 10.4. The molecule has 2 atom stereocenters. The largest absolute Gasteiger partial charge is 0.378 e. The number of nitrogens with one attached hydrogen (secondary N) is 2. The van der Waals surface area contributed by atoms with Crippen molar-refractivity contribution < 1.29 is 14.3 Å². The van der Waals surface area contributed by atoms with Crippen LogP contribution < -0.4 is 10.6 Å². The van der Waals surface area contributed by atoms with Gasteiger partial charge in [0.15, 0.2) is 0 Å². The van der Waals surface area contributed by atoms with Crippen LogP contribution in [0.1, 0.15) is 45.1 Å². The van der Waals surface area contributed by atoms with Gasteiger partial charge in [0.25, 0.3) is 0 Å². The average Bonchev–Trinajstić information content (AvgIpc) is 3.76. The monoisotopic (exact) mass is 499 g/mol. The summed E-state index contributed by atoms with van der Waals surface area (Å²) in [6, 6.07) is 11.6. The normalized spacial score (nSPS) is 19.5. The molecule has 8 heteroatoms. The van der Waals surface area contributed by atoms with E-state index in [1.807, 2.05) is 43.3 Å². The van der Waals surface area contributed by atoms with Gasteiger partial charge >= 0.3 is 0 Å². The molecular formula is C29H33N5O3. The first-order valence-electron chi connectivity index (χ1n) is 13.0. The Labute approximate surface area is 217 Å². The van der Waals surface area contributed by atoms with Crippen molar-refractivity contribution in [2.75, 3.05) is 17.2 Å². The van der Waals surface area contributed by atoms with E-state index >= 15 is 0 Å². The van der Waals surface area contributed by atoms with Crippen molar-refractivity contribution in [3.8, 4) is 22.4 Å². The van der Waals surface area contributed by atoms with Gasteiger partial charge < -0.3 is 15.4 Å². The van der Waals surface area contributed by atoms with E-state index in [9.17, 15) is 9.59 Å². The van der Waals surface area contributed by atoms with E-state index in [1.165, 1.54) is 0 Å². The van der Waals surface area contributed by atoms with Crippen molar-refractivity contribution >= 4 is 23.3 Å². The van der Waals surface area contributed by atoms with E-state index in [4.69, 9.17) is 4.74 Å². The summed E-state index contributed by atoms with van der Waals surface area (Å²) in [5.74, 6) is 1.02. The van der Waals surface area contributed by atoms with Crippen LogP contribution in [0, 0.1) is 24.7 Å². The minimum Gasteiger partial charge on any atom is -0.378 e. The van der Waals surface area contributed by atoms with E-state index in [2.05, 4.69) is 39.7 Å². The molecule has 2 aromatic heterocycles. The fourth-order valence-electron chi connectivity index (χ4n) is 4.66. The molecule has 2 fully saturated rings. The van der Waals surface area contributed by atoms with Gasteiger partial charge in [0.05, 0.1) is 18.0 Å². The molecule has 0 bridgehead atoms. The number of pyridine rings is 1. The number of anilines is 2. The molecule has 1 saturated carbocycles. The summed E-state index contributed by atoms with van der Waals surface area (Å²) in [6.45, 7) is 6.88. The molecule has 1 saturated heterocycles. The van der Waals surface area contributed by atoms with Crippen LogP contribution in [0.2, 0.25) is 0 Å². The summed E-state index contributed by atoms with van der Waals surface area (Å²) in [4.78, 5) is 29.5. The van der Waals surface area contributed by atoms with Crippen LogP contribution in [0.4, 0.5) is 11.5 Å². The number of hydrogen-bond donors (Lipinski definition) is 2. The van der Waals surface area contributed by atoms with Crippen molar-refractivity contribution in [1.82, 2.24) is 15.2 Å². The summed E-state index contributed by atoms with van der Waals surface area (Å²) in [5.41, 5.74) is 5.12. The van der Waals surface area contributed by atoms with Crippen LogP contribution in [-0.2, 0) is 14.3 Å². The molecule has 1 aliphatic carbocycles. The third-order valence-corrected chi connectivity index (χ3v) is 7.16. The lowest BCUT2D eigenvalue weighted by atomic mass is 9.89. The Bertz CT molecular complexity index is 1300. The third-order valence-electron chi connectivity index (χ3n) is 7.16. The zero-order valence-electron chi connectivity index (χ0n) is 21.5. The number of aromatic nitrogens is 3. The average molecular weight is 500 g/mol. The number of nitrogens with zero attached hydrogens (tertiary/aromatic N) is 3. The minimum absolute atomic E-state index is 0.0214. The highest BCUT2D eigenvalue weighted by atomic mass is 16.5. The van der Waals surface area contributed by atoms with Gasteiger partial charge in [-0.05, 0) is 80.0 Å². The fraction of sp³-hybridized carbons (Fsp3) is 0.414. The van der Waals surface area contributed by atoms with Gasteiger partial charge in [0.1, 0.15) is 5.82 Å². The van der Waals surface area contributed by atoms with E-state index in [1.54, 1.807) is 12.4 Å². The molecule has 8 nitrogen and oxygen atoms in total. The van der Waals surface area contributed by atoms with Gasteiger partial charge in [-0.15, -0.1) is 0 Å². The van der Waals surface area contributed by atoms with Gasteiger partial charge in [0, 0.05) is 41.5 Å². The highest BCUT2D eigenvalue weighted by molar-refractivity contribution is 5.94. The van der Waals surface area contributed by atoms with Gasteiger partial charge in [-0.1, -0.05) is 19.9 Å². The predicted molar refractivity (Wildman–Crippen MR) is 143 cm³/mol. The molecule has 3 heterocycles. The van der Waals surface area contributed by atoms with Gasteiger partial charge in [0.2, 0.25) is 11.8 Å². The lowest BCUT2D eigenvalue weighted by Gasteiger charge is -2.31. The van der Waals surface area contributed by atoms with Crippen molar-refractivity contribution in [3.05, 3.63) is 54.4 Å². The number of benzene rings is 1. The molecule has 1 aliphatic heterocycles. The maximum absolute atomic E-state index is 13.0. The molecule has 2 N–H and O–H groups in total. The molecule has 5 rings (SSSR count). The number of amides is 2. The van der Waals surface area contributed by atoms with E-state index < -0.39 is 0 Å². The first kappa shape index (κ1) is 25.0. The van der Waals surface area contributed by atoms with Gasteiger partial charge in [-0.25, -0.2) is 4.98 Å². The fourth-order valence-corrected chi connectivity index (χ4v) is 4.66. The quantitative estimate of drug-likeness (QED) is 0.460. The van der Waals surface area contributed by atoms with Gasteiger partial charge in [-0.3, -0.25) is 9.59 Å². The molecule has 2 amide bonds. The number of carbonyl (C=O) groups excluding carboxylic acids is 2. The predicted octanol–water partition coefficient (Wildman–Crippen LogP) is 5.25. The maximum Gasteiger partial charge on any atom is 0.228 e. The van der Waals surface area contributed by atoms with Crippen LogP contribution >= 0.6 is 0 Å². The highest BCUT2D eigenvalue weighted by Crippen LogP contribution is 2.32. The Hall–Kier alpha value is -3.65. The van der Waals surface area contributed by atoms with Crippen LogP contribution in [0.5, 0.6) is 0 Å². The highest BCUT2D eigenvalue weighted by Gasteiger charge is 2.30. The number of carbonyl (C=O) groups is 2. The van der Waals surface area contributed by atoms with Crippen molar-refractivity contribution in [2.24, 2.45) is 17.8 Å². The summed E-state index contributed by atoms with van der Waals surface area (Å²) in [5, 5.41) is 14.6. The Morgan fingerprint density at radius 3 is 2.57 bits per heavy atom. The summed E-state index contributed by atoms with van der Waals surface area (Å²) < 4.78 is 5.83. The zero-order chi connectivity index (χ0) is 25.9. The second kappa shape index (κ2) is 10.8. The van der Waals surface area contributed by atoms with Crippen molar-refractivity contribution in [3.63, 3.8) is 0 Å². The number of hydrogen-bond acceptors (Lipinski definition) is 6. The van der Waals surface area contributed by atoms with Crippen LogP contribution in [0.15, 0.2) is 48.8 Å². The van der Waals surface area contributed by atoms with Crippen LogP contribution in [-0.4, -0.2) is 39.7 Å². The van der Waals surface area contributed by atoms with Crippen LogP contribution in [0.25, 0.3) is 22.4 Å². The zero-order valence-corrected chi connectivity index (χ0v) is 21.5. The standard InChI is InChI=1S/C29H33N5O3/c1-17(2)26-13-21(9-11-37-26)29(36)32-23-7-4-18(3)24(15-23)25-12-22(16-31-34-25)20-8-10-30-27(14-20)33-28(35)19-5-6-19/h4,7-8,10,12,14-17,19,21,26H,5-6,9,11,13H2,1-3H3,(H,32,36)(H,30,33,35)/t21-,26+/m0/s1. The maximum atomic E-state index is 13.0. The lowest BCUT2D eigenvalue weighted by molar-refractivity contribution is -0.126. The summed E-state index contributed by atoms with van der Waals surface area (Å²) in [6.07, 6.45) is 6.85.